The molecule has 0 atom stereocenters. The molecule has 0 radical (unpaired) electrons. The SMILES string of the molecule is COc1ccc(CCNC(=O)c2cccc(Nc3nc(C)cc(C)n3)c2)cc1. The zero-order valence-corrected chi connectivity index (χ0v) is 16.3. The molecule has 3 rings (SSSR count). The summed E-state index contributed by atoms with van der Waals surface area (Å²) in [7, 11) is 1.64. The maximum absolute atomic E-state index is 12.5. The molecule has 144 valence electrons. The van der Waals surface area contributed by atoms with Crippen molar-refractivity contribution in [1.82, 2.24) is 15.3 Å². The van der Waals surface area contributed by atoms with E-state index in [4.69, 9.17) is 4.74 Å². The molecule has 2 aromatic carbocycles. The van der Waals surface area contributed by atoms with Crippen molar-refractivity contribution in [3.63, 3.8) is 0 Å². The Balaban J connectivity index is 1.58. The molecule has 0 saturated carbocycles. The van der Waals surface area contributed by atoms with Crippen LogP contribution < -0.4 is 15.4 Å². The summed E-state index contributed by atoms with van der Waals surface area (Å²) in [6.45, 7) is 4.40. The topological polar surface area (TPSA) is 76.1 Å². The Bertz CT molecular complexity index is 935. The summed E-state index contributed by atoms with van der Waals surface area (Å²) < 4.78 is 5.15. The normalized spacial score (nSPS) is 10.4. The fourth-order valence-electron chi connectivity index (χ4n) is 2.86. The number of benzene rings is 2. The Hall–Kier alpha value is -3.41. The molecule has 6 nitrogen and oxygen atoms in total. The summed E-state index contributed by atoms with van der Waals surface area (Å²) in [6.07, 6.45) is 0.754. The van der Waals surface area contributed by atoms with Crippen LogP contribution in [-0.2, 0) is 6.42 Å². The Morgan fingerprint density at radius 1 is 1.00 bits per heavy atom. The number of hydrogen-bond acceptors (Lipinski definition) is 5. The van der Waals surface area contributed by atoms with Gasteiger partial charge in [-0.05, 0) is 62.2 Å². The van der Waals surface area contributed by atoms with E-state index in [9.17, 15) is 4.79 Å². The number of aryl methyl sites for hydroxylation is 2. The zero-order chi connectivity index (χ0) is 19.9. The van der Waals surface area contributed by atoms with Crippen molar-refractivity contribution in [1.29, 1.82) is 0 Å². The molecule has 0 fully saturated rings. The van der Waals surface area contributed by atoms with E-state index in [1.165, 1.54) is 0 Å². The first-order valence-electron chi connectivity index (χ1n) is 9.14. The van der Waals surface area contributed by atoms with Crippen molar-refractivity contribution in [3.05, 3.63) is 77.1 Å². The number of hydrogen-bond donors (Lipinski definition) is 2. The maximum atomic E-state index is 12.5. The number of ether oxygens (including phenoxy) is 1. The van der Waals surface area contributed by atoms with Crippen LogP contribution in [0.2, 0.25) is 0 Å². The fraction of sp³-hybridized carbons (Fsp3) is 0.227. The lowest BCUT2D eigenvalue weighted by atomic mass is 10.1. The van der Waals surface area contributed by atoms with Crippen LogP contribution >= 0.6 is 0 Å². The lowest BCUT2D eigenvalue weighted by molar-refractivity contribution is 0.0954. The van der Waals surface area contributed by atoms with Crippen LogP contribution in [0.5, 0.6) is 5.75 Å². The Labute approximate surface area is 165 Å². The Morgan fingerprint density at radius 2 is 1.71 bits per heavy atom. The molecule has 0 aliphatic carbocycles. The molecule has 1 amide bonds. The van der Waals surface area contributed by atoms with Crippen molar-refractivity contribution in [2.75, 3.05) is 19.0 Å². The zero-order valence-electron chi connectivity index (χ0n) is 16.3. The van der Waals surface area contributed by atoms with E-state index < -0.39 is 0 Å². The summed E-state index contributed by atoms with van der Waals surface area (Å²) in [4.78, 5) is 21.2. The molecule has 1 aromatic heterocycles. The first-order chi connectivity index (χ1) is 13.5. The van der Waals surface area contributed by atoms with E-state index in [2.05, 4.69) is 20.6 Å². The number of nitrogens with one attached hydrogen (secondary N) is 2. The van der Waals surface area contributed by atoms with Gasteiger partial charge >= 0.3 is 0 Å². The molecule has 28 heavy (non-hydrogen) atoms. The molecule has 0 aliphatic heterocycles. The van der Waals surface area contributed by atoms with Gasteiger partial charge in [0.15, 0.2) is 0 Å². The maximum Gasteiger partial charge on any atom is 0.251 e. The molecule has 0 aliphatic rings. The summed E-state index contributed by atoms with van der Waals surface area (Å²) in [5.74, 6) is 1.23. The minimum atomic E-state index is -0.112. The monoisotopic (exact) mass is 376 g/mol. The third-order valence-electron chi connectivity index (χ3n) is 4.22. The number of amides is 1. The quantitative estimate of drug-likeness (QED) is 0.656. The number of nitrogens with zero attached hydrogens (tertiary/aromatic N) is 2. The third-order valence-corrected chi connectivity index (χ3v) is 4.22. The largest absolute Gasteiger partial charge is 0.497 e. The van der Waals surface area contributed by atoms with Crippen LogP contribution in [0.15, 0.2) is 54.6 Å². The summed E-state index contributed by atoms with van der Waals surface area (Å²) in [5.41, 5.74) is 4.28. The predicted octanol–water partition coefficient (Wildman–Crippen LogP) is 3.82. The minimum absolute atomic E-state index is 0.112. The second-order valence-electron chi connectivity index (χ2n) is 6.53. The summed E-state index contributed by atoms with van der Waals surface area (Å²) in [5, 5.41) is 6.12. The lowest BCUT2D eigenvalue weighted by Gasteiger charge is -2.09. The highest BCUT2D eigenvalue weighted by Crippen LogP contribution is 2.16. The van der Waals surface area contributed by atoms with Gasteiger partial charge in [-0.15, -0.1) is 0 Å². The number of rotatable bonds is 7. The first kappa shape index (κ1) is 19.4. The molecule has 0 spiro atoms. The molecule has 0 unspecified atom stereocenters. The van der Waals surface area contributed by atoms with Crippen LogP contribution in [0.1, 0.15) is 27.3 Å². The average Bonchev–Trinajstić information content (AvgIpc) is 2.68. The lowest BCUT2D eigenvalue weighted by Crippen LogP contribution is -2.25. The molecule has 1 heterocycles. The molecule has 0 bridgehead atoms. The fourth-order valence-corrected chi connectivity index (χ4v) is 2.86. The van der Waals surface area contributed by atoms with Gasteiger partial charge in [0, 0.05) is 29.2 Å². The number of methoxy groups -OCH3 is 1. The second-order valence-corrected chi connectivity index (χ2v) is 6.53. The Kier molecular flexibility index (Phi) is 6.22. The molecule has 6 heteroatoms. The number of carbonyl (C=O) groups is 1. The molecular weight excluding hydrogens is 352 g/mol. The predicted molar refractivity (Wildman–Crippen MR) is 110 cm³/mol. The number of aromatic nitrogens is 2. The van der Waals surface area contributed by atoms with Gasteiger partial charge in [0.25, 0.3) is 5.91 Å². The summed E-state index contributed by atoms with van der Waals surface area (Å²) in [6, 6.07) is 17.1. The van der Waals surface area contributed by atoms with Crippen molar-refractivity contribution >= 4 is 17.5 Å². The number of carbonyl (C=O) groups excluding carboxylic acids is 1. The van der Waals surface area contributed by atoms with Gasteiger partial charge in [0.1, 0.15) is 5.75 Å². The van der Waals surface area contributed by atoms with Gasteiger partial charge in [-0.25, -0.2) is 9.97 Å². The van der Waals surface area contributed by atoms with E-state index in [1.807, 2.05) is 56.3 Å². The van der Waals surface area contributed by atoms with Gasteiger partial charge in [0.05, 0.1) is 7.11 Å². The van der Waals surface area contributed by atoms with Gasteiger partial charge in [-0.3, -0.25) is 4.79 Å². The molecular formula is C22H24N4O2. The van der Waals surface area contributed by atoms with Crippen LogP contribution in [-0.4, -0.2) is 29.5 Å². The van der Waals surface area contributed by atoms with E-state index in [1.54, 1.807) is 19.2 Å². The highest BCUT2D eigenvalue weighted by atomic mass is 16.5. The van der Waals surface area contributed by atoms with Gasteiger partial charge in [-0.2, -0.15) is 0 Å². The van der Waals surface area contributed by atoms with Crippen molar-refractivity contribution in [3.8, 4) is 5.75 Å². The van der Waals surface area contributed by atoms with Crippen LogP contribution in [0.4, 0.5) is 11.6 Å². The third kappa shape index (κ3) is 5.30. The first-order valence-corrected chi connectivity index (χ1v) is 9.14. The van der Waals surface area contributed by atoms with Crippen molar-refractivity contribution < 1.29 is 9.53 Å². The molecule has 2 N–H and O–H groups in total. The highest BCUT2D eigenvalue weighted by Gasteiger charge is 2.07. The molecule has 3 aromatic rings. The smallest absolute Gasteiger partial charge is 0.251 e. The van der Waals surface area contributed by atoms with Crippen molar-refractivity contribution in [2.45, 2.75) is 20.3 Å². The number of anilines is 2. The highest BCUT2D eigenvalue weighted by molar-refractivity contribution is 5.95. The Morgan fingerprint density at radius 3 is 2.39 bits per heavy atom. The second kappa shape index (κ2) is 8.99. The average molecular weight is 376 g/mol. The van der Waals surface area contributed by atoms with Gasteiger partial charge in [-0.1, -0.05) is 18.2 Å². The molecule has 0 saturated heterocycles. The van der Waals surface area contributed by atoms with Crippen LogP contribution in [0, 0.1) is 13.8 Å². The van der Waals surface area contributed by atoms with E-state index in [0.717, 1.165) is 34.8 Å². The van der Waals surface area contributed by atoms with E-state index in [-0.39, 0.29) is 5.91 Å². The standard InChI is InChI=1S/C22H24N4O2/c1-15-13-16(2)25-22(24-15)26-19-6-4-5-18(14-19)21(27)23-12-11-17-7-9-20(28-3)10-8-17/h4-10,13-14H,11-12H2,1-3H3,(H,23,27)(H,24,25,26). The van der Waals surface area contributed by atoms with E-state index in [0.29, 0.717) is 18.1 Å². The van der Waals surface area contributed by atoms with Gasteiger partial charge < -0.3 is 15.4 Å². The summed E-state index contributed by atoms with van der Waals surface area (Å²) >= 11 is 0. The van der Waals surface area contributed by atoms with Crippen LogP contribution in [0.3, 0.4) is 0 Å². The van der Waals surface area contributed by atoms with Gasteiger partial charge in [0.2, 0.25) is 5.95 Å². The minimum Gasteiger partial charge on any atom is -0.497 e. The van der Waals surface area contributed by atoms with E-state index >= 15 is 0 Å². The van der Waals surface area contributed by atoms with Crippen LogP contribution in [0.25, 0.3) is 0 Å². The van der Waals surface area contributed by atoms with Crippen molar-refractivity contribution in [2.24, 2.45) is 0 Å².